The van der Waals surface area contributed by atoms with Crippen molar-refractivity contribution < 1.29 is 4.42 Å². The SMILES string of the molecule is CC1(C)c2ccc(N(c3ccccc3)c3ccc(-c4ccc5ccccc5c4)cc3)cc2-c2ccc3c(oc4ccccc43)c21. The largest absolute Gasteiger partial charge is 0.456 e. The topological polar surface area (TPSA) is 16.4 Å². The number of benzene rings is 7. The van der Waals surface area contributed by atoms with E-state index in [1.165, 1.54) is 54.9 Å². The number of anilines is 3. The van der Waals surface area contributed by atoms with Gasteiger partial charge in [-0.15, -0.1) is 0 Å². The molecule has 0 fully saturated rings. The second-order valence-electron chi connectivity index (χ2n) is 12.6. The molecule has 0 aliphatic heterocycles. The molecule has 0 bridgehead atoms. The Morgan fingerprint density at radius 1 is 0.489 bits per heavy atom. The van der Waals surface area contributed by atoms with Crippen molar-refractivity contribution in [2.45, 2.75) is 19.3 Å². The van der Waals surface area contributed by atoms with Crippen molar-refractivity contribution in [3.63, 3.8) is 0 Å². The molecule has 9 rings (SSSR count). The van der Waals surface area contributed by atoms with E-state index in [-0.39, 0.29) is 5.41 Å². The number of furan rings is 1. The molecule has 0 atom stereocenters. The third-order valence-electron chi connectivity index (χ3n) is 9.62. The van der Waals surface area contributed by atoms with Crippen molar-refractivity contribution in [2.75, 3.05) is 4.90 Å². The summed E-state index contributed by atoms with van der Waals surface area (Å²) >= 11 is 0. The van der Waals surface area contributed by atoms with E-state index in [0.29, 0.717) is 0 Å². The summed E-state index contributed by atoms with van der Waals surface area (Å²) in [6.45, 7) is 4.65. The molecule has 0 spiro atoms. The Kier molecular flexibility index (Phi) is 5.58. The fraction of sp³-hybridized carbons (Fsp3) is 0.0698. The van der Waals surface area contributed by atoms with Gasteiger partial charge in [-0.1, -0.05) is 111 Å². The summed E-state index contributed by atoms with van der Waals surface area (Å²) in [5, 5.41) is 4.87. The minimum Gasteiger partial charge on any atom is -0.456 e. The van der Waals surface area contributed by atoms with Gasteiger partial charge in [0.25, 0.3) is 0 Å². The van der Waals surface area contributed by atoms with Crippen LogP contribution in [-0.2, 0) is 5.41 Å². The van der Waals surface area contributed by atoms with Crippen LogP contribution in [0.15, 0.2) is 156 Å². The lowest BCUT2D eigenvalue weighted by Gasteiger charge is -2.27. The molecule has 2 nitrogen and oxygen atoms in total. The van der Waals surface area contributed by atoms with Gasteiger partial charge in [0.05, 0.1) is 0 Å². The van der Waals surface area contributed by atoms with E-state index < -0.39 is 0 Å². The Morgan fingerprint density at radius 2 is 1.18 bits per heavy atom. The number of hydrogen-bond donors (Lipinski definition) is 0. The lowest BCUT2D eigenvalue weighted by atomic mass is 9.81. The van der Waals surface area contributed by atoms with E-state index in [1.54, 1.807) is 0 Å². The molecular weight excluding hydrogens is 546 g/mol. The van der Waals surface area contributed by atoms with E-state index in [2.05, 4.69) is 164 Å². The molecular formula is C43H31NO. The molecule has 214 valence electrons. The lowest BCUT2D eigenvalue weighted by Crippen LogP contribution is -2.15. The van der Waals surface area contributed by atoms with Crippen molar-refractivity contribution in [1.29, 1.82) is 0 Å². The molecule has 0 saturated heterocycles. The monoisotopic (exact) mass is 577 g/mol. The normalized spacial score (nSPS) is 13.3. The standard InChI is InChI=1S/C43H31NO/c1-43(2)39-25-22-34(27-38(39)36-23-24-37-35-14-8-9-15-40(35)45-42(37)41(36)43)44(32-12-4-3-5-13-32)33-20-18-29(19-21-33)31-17-16-28-10-6-7-11-30(28)26-31/h3-27H,1-2H3. The van der Waals surface area contributed by atoms with Crippen molar-refractivity contribution >= 4 is 49.8 Å². The van der Waals surface area contributed by atoms with E-state index in [0.717, 1.165) is 28.2 Å². The molecule has 0 saturated carbocycles. The van der Waals surface area contributed by atoms with Gasteiger partial charge in [0.1, 0.15) is 11.2 Å². The Morgan fingerprint density at radius 3 is 2.02 bits per heavy atom. The molecule has 0 amide bonds. The average molecular weight is 578 g/mol. The van der Waals surface area contributed by atoms with Crippen LogP contribution in [0.2, 0.25) is 0 Å². The summed E-state index contributed by atoms with van der Waals surface area (Å²) in [6.07, 6.45) is 0. The third kappa shape index (κ3) is 3.96. The van der Waals surface area contributed by atoms with Crippen molar-refractivity contribution in [3.05, 3.63) is 163 Å². The van der Waals surface area contributed by atoms with Crippen molar-refractivity contribution in [1.82, 2.24) is 0 Å². The minimum absolute atomic E-state index is 0.185. The molecule has 8 aromatic rings. The fourth-order valence-corrected chi connectivity index (χ4v) is 7.40. The van der Waals surface area contributed by atoms with Gasteiger partial charge >= 0.3 is 0 Å². The zero-order valence-corrected chi connectivity index (χ0v) is 25.3. The van der Waals surface area contributed by atoms with E-state index in [4.69, 9.17) is 4.42 Å². The second-order valence-corrected chi connectivity index (χ2v) is 12.6. The molecule has 1 aliphatic carbocycles. The first-order chi connectivity index (χ1) is 22.1. The first-order valence-electron chi connectivity index (χ1n) is 15.6. The van der Waals surface area contributed by atoms with Crippen LogP contribution in [0.4, 0.5) is 17.1 Å². The number of hydrogen-bond acceptors (Lipinski definition) is 2. The van der Waals surface area contributed by atoms with Gasteiger partial charge in [-0.3, -0.25) is 0 Å². The van der Waals surface area contributed by atoms with Crippen LogP contribution in [0.1, 0.15) is 25.0 Å². The highest BCUT2D eigenvalue weighted by molar-refractivity contribution is 6.09. The average Bonchev–Trinajstić information content (AvgIpc) is 3.57. The van der Waals surface area contributed by atoms with Crippen LogP contribution in [0.25, 0.3) is 55.0 Å². The predicted octanol–water partition coefficient (Wildman–Crippen LogP) is 12.2. The second kappa shape index (κ2) is 9.70. The Balaban J connectivity index is 1.17. The van der Waals surface area contributed by atoms with Crippen molar-refractivity contribution in [2.24, 2.45) is 0 Å². The summed E-state index contributed by atoms with van der Waals surface area (Å²) in [7, 11) is 0. The molecule has 1 heterocycles. The maximum Gasteiger partial charge on any atom is 0.140 e. The van der Waals surface area contributed by atoms with Gasteiger partial charge < -0.3 is 9.32 Å². The van der Waals surface area contributed by atoms with Gasteiger partial charge in [0.15, 0.2) is 0 Å². The number of fused-ring (bicyclic) bond motifs is 8. The van der Waals surface area contributed by atoms with Gasteiger partial charge in [-0.05, 0) is 93.2 Å². The Labute approximate surface area is 262 Å². The zero-order chi connectivity index (χ0) is 30.1. The smallest absolute Gasteiger partial charge is 0.140 e. The van der Waals surface area contributed by atoms with Crippen molar-refractivity contribution in [3.8, 4) is 22.3 Å². The molecule has 0 radical (unpaired) electrons. The molecule has 1 aliphatic rings. The fourth-order valence-electron chi connectivity index (χ4n) is 7.40. The Bertz CT molecular complexity index is 2400. The predicted molar refractivity (Wildman–Crippen MR) is 189 cm³/mol. The first-order valence-corrected chi connectivity index (χ1v) is 15.6. The molecule has 2 heteroatoms. The Hall–Kier alpha value is -5.60. The maximum absolute atomic E-state index is 6.54. The van der Waals surface area contributed by atoms with Crippen LogP contribution in [0.3, 0.4) is 0 Å². The van der Waals surface area contributed by atoms with Gasteiger partial charge in [0.2, 0.25) is 0 Å². The summed E-state index contributed by atoms with van der Waals surface area (Å²) in [5.74, 6) is 0. The summed E-state index contributed by atoms with van der Waals surface area (Å²) in [5.41, 5.74) is 12.7. The summed E-state index contributed by atoms with van der Waals surface area (Å²) in [4.78, 5) is 2.36. The molecule has 1 aromatic heterocycles. The summed E-state index contributed by atoms with van der Waals surface area (Å²) < 4.78 is 6.54. The molecule has 45 heavy (non-hydrogen) atoms. The van der Waals surface area contributed by atoms with E-state index in [9.17, 15) is 0 Å². The van der Waals surface area contributed by atoms with Crippen LogP contribution < -0.4 is 4.90 Å². The summed E-state index contributed by atoms with van der Waals surface area (Å²) in [6, 6.07) is 54.7. The first kappa shape index (κ1) is 25.9. The van der Waals surface area contributed by atoms with E-state index in [1.807, 2.05) is 6.07 Å². The van der Waals surface area contributed by atoms with Crippen LogP contribution >= 0.6 is 0 Å². The highest BCUT2D eigenvalue weighted by Gasteiger charge is 2.39. The quantitative estimate of drug-likeness (QED) is 0.207. The van der Waals surface area contributed by atoms with Gasteiger partial charge in [0, 0.05) is 38.8 Å². The minimum atomic E-state index is -0.185. The van der Waals surface area contributed by atoms with E-state index >= 15 is 0 Å². The van der Waals surface area contributed by atoms with Gasteiger partial charge in [-0.25, -0.2) is 0 Å². The zero-order valence-electron chi connectivity index (χ0n) is 25.3. The maximum atomic E-state index is 6.54. The van der Waals surface area contributed by atoms with Crippen LogP contribution in [0, 0.1) is 0 Å². The van der Waals surface area contributed by atoms with Gasteiger partial charge in [-0.2, -0.15) is 0 Å². The molecule has 0 N–H and O–H groups in total. The van der Waals surface area contributed by atoms with Crippen LogP contribution in [-0.4, -0.2) is 0 Å². The lowest BCUT2D eigenvalue weighted by molar-refractivity contribution is 0.620. The highest BCUT2D eigenvalue weighted by atomic mass is 16.3. The number of para-hydroxylation sites is 2. The number of rotatable bonds is 4. The number of nitrogens with zero attached hydrogens (tertiary/aromatic N) is 1. The highest BCUT2D eigenvalue weighted by Crippen LogP contribution is 2.54. The third-order valence-corrected chi connectivity index (χ3v) is 9.62. The molecule has 7 aromatic carbocycles. The van der Waals surface area contributed by atoms with Crippen LogP contribution in [0.5, 0.6) is 0 Å². The molecule has 0 unspecified atom stereocenters.